The first-order valence-corrected chi connectivity index (χ1v) is 7.27. The van der Waals surface area contributed by atoms with Crippen LogP contribution in [0.2, 0.25) is 15.1 Å². The molecule has 0 heterocycles. The van der Waals surface area contributed by atoms with Gasteiger partial charge < -0.3 is 10.1 Å². The Bertz CT molecular complexity index is 680. The molecule has 2 rings (SSSR count). The minimum atomic E-state index is 0.192. The highest BCUT2D eigenvalue weighted by Gasteiger charge is 2.04. The summed E-state index contributed by atoms with van der Waals surface area (Å²) in [7, 11) is 0. The molecule has 1 N–H and O–H groups in total. The Morgan fingerprint density at radius 3 is 2.52 bits per heavy atom. The zero-order valence-electron chi connectivity index (χ0n) is 11.0. The maximum Gasteiger partial charge on any atom is 0.148 e. The summed E-state index contributed by atoms with van der Waals surface area (Å²) < 4.78 is 5.31. The van der Waals surface area contributed by atoms with E-state index in [0.717, 1.165) is 11.3 Å². The van der Waals surface area contributed by atoms with Crippen molar-refractivity contribution in [3.63, 3.8) is 0 Å². The topological polar surface area (TPSA) is 21.3 Å². The summed E-state index contributed by atoms with van der Waals surface area (Å²) in [6.45, 7) is 0.772. The molecule has 0 saturated heterocycles. The van der Waals surface area contributed by atoms with Crippen LogP contribution >= 0.6 is 34.8 Å². The first-order valence-electron chi connectivity index (χ1n) is 6.14. The molecule has 0 radical (unpaired) electrons. The van der Waals surface area contributed by atoms with Gasteiger partial charge in [0.1, 0.15) is 12.4 Å². The molecule has 0 fully saturated rings. The fourth-order valence-electron chi connectivity index (χ4n) is 1.72. The number of terminal acetylenes is 1. The van der Waals surface area contributed by atoms with Crippen molar-refractivity contribution in [2.24, 2.45) is 0 Å². The minimum absolute atomic E-state index is 0.192. The van der Waals surface area contributed by atoms with Crippen LogP contribution in [-0.4, -0.2) is 6.61 Å². The van der Waals surface area contributed by atoms with E-state index < -0.39 is 0 Å². The van der Waals surface area contributed by atoms with Gasteiger partial charge in [0.2, 0.25) is 0 Å². The van der Waals surface area contributed by atoms with E-state index in [9.17, 15) is 0 Å². The molecule has 21 heavy (non-hydrogen) atoms. The van der Waals surface area contributed by atoms with Crippen LogP contribution in [0.4, 0.5) is 5.69 Å². The highest BCUT2D eigenvalue weighted by atomic mass is 35.5. The summed E-state index contributed by atoms with van der Waals surface area (Å²) >= 11 is 18.1. The van der Waals surface area contributed by atoms with Crippen LogP contribution in [0, 0.1) is 12.3 Å². The first-order chi connectivity index (χ1) is 10.1. The molecule has 0 atom stereocenters. The maximum absolute atomic E-state index is 6.13. The van der Waals surface area contributed by atoms with Crippen LogP contribution in [0.3, 0.4) is 0 Å². The monoisotopic (exact) mass is 339 g/mol. The molecule has 5 heteroatoms. The van der Waals surface area contributed by atoms with E-state index in [1.807, 2.05) is 18.2 Å². The second kappa shape index (κ2) is 7.47. The molecule has 0 spiro atoms. The Morgan fingerprint density at radius 1 is 1.05 bits per heavy atom. The van der Waals surface area contributed by atoms with Crippen LogP contribution in [-0.2, 0) is 6.54 Å². The predicted octanol–water partition coefficient (Wildman–Crippen LogP) is 5.27. The number of rotatable bonds is 5. The van der Waals surface area contributed by atoms with E-state index in [-0.39, 0.29) is 6.61 Å². The molecule has 0 unspecified atom stereocenters. The number of hydrogen-bond donors (Lipinski definition) is 1. The Labute approximate surface area is 139 Å². The lowest BCUT2D eigenvalue weighted by Gasteiger charge is -2.10. The standard InChI is InChI=1S/C16H12Cl3NO/c1-2-7-21-16-6-3-11(8-14(16)19)10-20-15-5-4-12(17)9-13(15)18/h1,3-6,8-9,20H,7,10H2. The molecule has 2 aromatic rings. The Morgan fingerprint density at radius 2 is 1.86 bits per heavy atom. The normalized spacial score (nSPS) is 10.0. The van der Waals surface area contributed by atoms with Crippen molar-refractivity contribution >= 4 is 40.5 Å². The summed E-state index contributed by atoms with van der Waals surface area (Å²) in [5.74, 6) is 2.97. The largest absolute Gasteiger partial charge is 0.479 e. The molecule has 0 bridgehead atoms. The summed E-state index contributed by atoms with van der Waals surface area (Å²) in [6, 6.07) is 10.8. The highest BCUT2D eigenvalue weighted by Crippen LogP contribution is 2.28. The van der Waals surface area contributed by atoms with E-state index in [1.54, 1.807) is 18.2 Å². The SMILES string of the molecule is C#CCOc1ccc(CNc2ccc(Cl)cc2Cl)cc1Cl. The molecule has 2 nitrogen and oxygen atoms in total. The van der Waals surface area contributed by atoms with Gasteiger partial charge >= 0.3 is 0 Å². The van der Waals surface area contributed by atoms with E-state index in [0.29, 0.717) is 27.4 Å². The van der Waals surface area contributed by atoms with Gasteiger partial charge in [-0.3, -0.25) is 0 Å². The number of halogens is 3. The van der Waals surface area contributed by atoms with Crippen molar-refractivity contribution in [3.8, 4) is 18.1 Å². The average Bonchev–Trinajstić information content (AvgIpc) is 2.45. The van der Waals surface area contributed by atoms with E-state index >= 15 is 0 Å². The average molecular weight is 341 g/mol. The van der Waals surface area contributed by atoms with Crippen molar-refractivity contribution in [2.75, 3.05) is 11.9 Å². The summed E-state index contributed by atoms with van der Waals surface area (Å²) in [6.07, 6.45) is 5.14. The van der Waals surface area contributed by atoms with Gasteiger partial charge in [0.25, 0.3) is 0 Å². The lowest BCUT2D eigenvalue weighted by Crippen LogP contribution is -2.01. The molecular weight excluding hydrogens is 329 g/mol. The van der Waals surface area contributed by atoms with Crippen LogP contribution < -0.4 is 10.1 Å². The number of nitrogens with one attached hydrogen (secondary N) is 1. The lowest BCUT2D eigenvalue weighted by atomic mass is 10.2. The molecule has 0 amide bonds. The van der Waals surface area contributed by atoms with Gasteiger partial charge in [-0.15, -0.1) is 6.42 Å². The summed E-state index contributed by atoms with van der Waals surface area (Å²) in [5.41, 5.74) is 1.81. The van der Waals surface area contributed by atoms with Gasteiger partial charge in [-0.1, -0.05) is 46.8 Å². The van der Waals surface area contributed by atoms with Crippen molar-refractivity contribution in [1.29, 1.82) is 0 Å². The fourth-order valence-corrected chi connectivity index (χ4v) is 2.45. The van der Waals surface area contributed by atoms with Crippen LogP contribution in [0.25, 0.3) is 0 Å². The molecule has 0 aliphatic carbocycles. The molecule has 2 aromatic carbocycles. The third-order valence-corrected chi connectivity index (χ3v) is 3.56. The van der Waals surface area contributed by atoms with Crippen molar-refractivity contribution in [1.82, 2.24) is 0 Å². The van der Waals surface area contributed by atoms with Crippen LogP contribution in [0.5, 0.6) is 5.75 Å². The summed E-state index contributed by atoms with van der Waals surface area (Å²) in [4.78, 5) is 0. The highest BCUT2D eigenvalue weighted by molar-refractivity contribution is 6.36. The third kappa shape index (κ3) is 4.47. The van der Waals surface area contributed by atoms with Crippen LogP contribution in [0.15, 0.2) is 36.4 Å². The van der Waals surface area contributed by atoms with Gasteiger partial charge in [0, 0.05) is 11.6 Å². The molecule has 0 saturated carbocycles. The Kier molecular flexibility index (Phi) is 5.64. The summed E-state index contributed by atoms with van der Waals surface area (Å²) in [5, 5.41) is 4.92. The maximum atomic E-state index is 6.13. The zero-order valence-corrected chi connectivity index (χ0v) is 13.3. The number of hydrogen-bond acceptors (Lipinski definition) is 2. The van der Waals surface area contributed by atoms with E-state index in [1.165, 1.54) is 0 Å². The molecule has 0 aromatic heterocycles. The molecule has 108 valence electrons. The van der Waals surface area contributed by atoms with Gasteiger partial charge in [0.15, 0.2) is 0 Å². The Balaban J connectivity index is 2.03. The quantitative estimate of drug-likeness (QED) is 0.749. The van der Waals surface area contributed by atoms with Gasteiger partial charge in [-0.25, -0.2) is 0 Å². The van der Waals surface area contributed by atoms with Gasteiger partial charge in [0.05, 0.1) is 15.7 Å². The second-order valence-electron chi connectivity index (χ2n) is 4.24. The fraction of sp³-hybridized carbons (Fsp3) is 0.125. The van der Waals surface area contributed by atoms with Crippen LogP contribution in [0.1, 0.15) is 5.56 Å². The molecule has 0 aliphatic rings. The van der Waals surface area contributed by atoms with Crippen molar-refractivity contribution in [2.45, 2.75) is 6.54 Å². The van der Waals surface area contributed by atoms with Crippen molar-refractivity contribution in [3.05, 3.63) is 57.0 Å². The minimum Gasteiger partial charge on any atom is -0.479 e. The van der Waals surface area contributed by atoms with Gasteiger partial charge in [-0.2, -0.15) is 0 Å². The first kappa shape index (κ1) is 15.9. The van der Waals surface area contributed by atoms with Crippen molar-refractivity contribution < 1.29 is 4.74 Å². The number of benzene rings is 2. The smallest absolute Gasteiger partial charge is 0.148 e. The predicted molar refractivity (Wildman–Crippen MR) is 89.6 cm³/mol. The third-order valence-electron chi connectivity index (χ3n) is 2.72. The number of ether oxygens (including phenoxy) is 1. The lowest BCUT2D eigenvalue weighted by molar-refractivity contribution is 0.370. The second-order valence-corrected chi connectivity index (χ2v) is 5.49. The van der Waals surface area contributed by atoms with E-state index in [4.69, 9.17) is 46.0 Å². The molecular formula is C16H12Cl3NO. The zero-order chi connectivity index (χ0) is 15.2. The Hall–Kier alpha value is -1.53. The number of anilines is 1. The van der Waals surface area contributed by atoms with E-state index in [2.05, 4.69) is 11.2 Å². The van der Waals surface area contributed by atoms with Gasteiger partial charge in [-0.05, 0) is 35.9 Å². The molecule has 0 aliphatic heterocycles.